The number of piperidine rings is 1. The molecule has 7 heteroatoms. The number of esters is 1. The van der Waals surface area contributed by atoms with Crippen LogP contribution in [0.15, 0.2) is 18.2 Å². The summed E-state index contributed by atoms with van der Waals surface area (Å²) in [5, 5.41) is 3.41. The molecule has 1 unspecified atom stereocenters. The molecule has 1 aromatic rings. The first kappa shape index (κ1) is 22.2. The van der Waals surface area contributed by atoms with Crippen LogP contribution in [0.3, 0.4) is 0 Å². The highest BCUT2D eigenvalue weighted by atomic mass is 32.2. The molecule has 0 amide bonds. The van der Waals surface area contributed by atoms with Crippen LogP contribution in [-0.4, -0.2) is 51.7 Å². The number of hydrogen-bond acceptors (Lipinski definition) is 5. The van der Waals surface area contributed by atoms with E-state index in [0.717, 1.165) is 43.8 Å². The van der Waals surface area contributed by atoms with Crippen molar-refractivity contribution in [3.05, 3.63) is 34.9 Å². The molecule has 2 aliphatic rings. The van der Waals surface area contributed by atoms with Crippen molar-refractivity contribution in [2.24, 2.45) is 5.92 Å². The summed E-state index contributed by atoms with van der Waals surface area (Å²) in [7, 11) is -1.72. The zero-order chi connectivity index (χ0) is 20.9. The van der Waals surface area contributed by atoms with E-state index in [4.69, 9.17) is 4.74 Å². The van der Waals surface area contributed by atoms with Gasteiger partial charge in [-0.15, -0.1) is 0 Å². The van der Waals surface area contributed by atoms with Crippen molar-refractivity contribution in [3.63, 3.8) is 0 Å². The minimum Gasteiger partial charge on any atom is -0.469 e. The smallest absolute Gasteiger partial charge is 0.306 e. The molecule has 1 N–H and O–H groups in total. The Morgan fingerprint density at radius 1 is 1.28 bits per heavy atom. The first-order valence-electron chi connectivity index (χ1n) is 10.7. The average molecular weight is 423 g/mol. The van der Waals surface area contributed by atoms with Gasteiger partial charge in [-0.2, -0.15) is 4.31 Å². The van der Waals surface area contributed by atoms with Crippen LogP contribution < -0.4 is 5.32 Å². The van der Waals surface area contributed by atoms with Gasteiger partial charge in [-0.1, -0.05) is 31.0 Å². The van der Waals surface area contributed by atoms with E-state index < -0.39 is 10.0 Å². The normalized spacial score (nSPS) is 19.5. The number of carbonyl (C=O) groups excluding carboxylic acids is 1. The Hall–Kier alpha value is -1.44. The van der Waals surface area contributed by atoms with Crippen molar-refractivity contribution in [2.45, 2.75) is 57.4 Å². The van der Waals surface area contributed by atoms with E-state index in [1.54, 1.807) is 0 Å². The average Bonchev–Trinajstić information content (AvgIpc) is 2.72. The molecule has 1 fully saturated rings. The molecular weight excluding hydrogens is 388 g/mol. The third-order valence-corrected chi connectivity index (χ3v) is 7.66. The van der Waals surface area contributed by atoms with Gasteiger partial charge in [0.05, 0.1) is 19.8 Å². The molecule has 2 aliphatic heterocycles. The van der Waals surface area contributed by atoms with Gasteiger partial charge in [-0.3, -0.25) is 4.79 Å². The minimum absolute atomic E-state index is 0.155. The van der Waals surface area contributed by atoms with Crippen molar-refractivity contribution < 1.29 is 17.9 Å². The molecule has 1 atom stereocenters. The Morgan fingerprint density at radius 3 is 2.72 bits per heavy atom. The van der Waals surface area contributed by atoms with Crippen LogP contribution in [0.4, 0.5) is 0 Å². The SMILES string of the molecule is COC(=O)CC(CCCC1CCNCC1)c1ccc2c(c1)CCN(S(C)(=O)=O)C2. The zero-order valence-electron chi connectivity index (χ0n) is 17.7. The largest absolute Gasteiger partial charge is 0.469 e. The van der Waals surface area contributed by atoms with Crippen LogP contribution in [-0.2, 0) is 32.5 Å². The number of nitrogens with zero attached hydrogens (tertiary/aromatic N) is 1. The third kappa shape index (κ3) is 6.27. The van der Waals surface area contributed by atoms with Gasteiger partial charge in [0.25, 0.3) is 0 Å². The van der Waals surface area contributed by atoms with Crippen LogP contribution in [0.5, 0.6) is 0 Å². The fourth-order valence-corrected chi connectivity index (χ4v) is 5.37. The van der Waals surface area contributed by atoms with Crippen LogP contribution in [0.25, 0.3) is 0 Å². The Morgan fingerprint density at radius 2 is 2.03 bits per heavy atom. The lowest BCUT2D eigenvalue weighted by molar-refractivity contribution is -0.141. The van der Waals surface area contributed by atoms with Gasteiger partial charge in [-0.25, -0.2) is 8.42 Å². The number of nitrogens with one attached hydrogen (secondary N) is 1. The topological polar surface area (TPSA) is 75.7 Å². The molecule has 6 nitrogen and oxygen atoms in total. The van der Waals surface area contributed by atoms with Crippen LogP contribution in [0.1, 0.15) is 61.1 Å². The summed E-state index contributed by atoms with van der Waals surface area (Å²) in [6.45, 7) is 3.19. The molecule has 0 saturated carbocycles. The van der Waals surface area contributed by atoms with E-state index >= 15 is 0 Å². The summed E-state index contributed by atoms with van der Waals surface area (Å²) < 4.78 is 30.2. The van der Waals surface area contributed by atoms with Gasteiger partial charge < -0.3 is 10.1 Å². The molecule has 1 aromatic carbocycles. The number of fused-ring (bicyclic) bond motifs is 1. The molecular formula is C22H34N2O4S. The zero-order valence-corrected chi connectivity index (χ0v) is 18.5. The summed E-state index contributed by atoms with van der Waals surface area (Å²) >= 11 is 0. The summed E-state index contributed by atoms with van der Waals surface area (Å²) in [6.07, 6.45) is 8.19. The molecule has 2 heterocycles. The van der Waals surface area contributed by atoms with Crippen LogP contribution >= 0.6 is 0 Å². The lowest BCUT2D eigenvalue weighted by Crippen LogP contribution is -2.35. The van der Waals surface area contributed by atoms with Gasteiger partial charge in [0.2, 0.25) is 10.0 Å². The van der Waals surface area contributed by atoms with E-state index in [1.165, 1.54) is 48.1 Å². The maximum atomic E-state index is 12.0. The minimum atomic E-state index is -3.17. The fourth-order valence-electron chi connectivity index (χ4n) is 4.58. The van der Waals surface area contributed by atoms with Gasteiger partial charge in [0, 0.05) is 13.1 Å². The van der Waals surface area contributed by atoms with Crippen molar-refractivity contribution >= 4 is 16.0 Å². The quantitative estimate of drug-likeness (QED) is 0.652. The number of ether oxygens (including phenoxy) is 1. The monoisotopic (exact) mass is 422 g/mol. The number of hydrogen-bond donors (Lipinski definition) is 1. The van der Waals surface area contributed by atoms with E-state index in [-0.39, 0.29) is 11.9 Å². The standard InChI is InChI=1S/C22H34N2O4S/c1-28-22(25)15-18(5-3-4-17-8-11-23-12-9-17)19-6-7-21-16-24(29(2,26)27)13-10-20(21)14-19/h6-7,14,17-18,23H,3-5,8-13,15-16H2,1-2H3. The number of rotatable bonds is 8. The second-order valence-electron chi connectivity index (χ2n) is 8.48. The summed E-state index contributed by atoms with van der Waals surface area (Å²) in [6, 6.07) is 6.30. The van der Waals surface area contributed by atoms with E-state index in [1.807, 2.05) is 6.07 Å². The highest BCUT2D eigenvalue weighted by molar-refractivity contribution is 7.88. The number of carbonyl (C=O) groups is 1. The highest BCUT2D eigenvalue weighted by Gasteiger charge is 2.25. The Bertz CT molecular complexity index is 803. The van der Waals surface area contributed by atoms with Gasteiger partial charge in [0.15, 0.2) is 0 Å². The Balaban J connectivity index is 1.67. The van der Waals surface area contributed by atoms with E-state index in [2.05, 4.69) is 17.4 Å². The van der Waals surface area contributed by atoms with Gasteiger partial charge >= 0.3 is 5.97 Å². The maximum Gasteiger partial charge on any atom is 0.306 e. The highest BCUT2D eigenvalue weighted by Crippen LogP contribution is 2.31. The van der Waals surface area contributed by atoms with E-state index in [9.17, 15) is 13.2 Å². The first-order chi connectivity index (χ1) is 13.9. The van der Waals surface area contributed by atoms with Gasteiger partial charge in [-0.05, 0) is 67.3 Å². The molecule has 0 aromatic heterocycles. The number of benzene rings is 1. The van der Waals surface area contributed by atoms with Gasteiger partial charge in [0.1, 0.15) is 0 Å². The predicted octanol–water partition coefficient (Wildman–Crippen LogP) is 2.82. The molecule has 0 spiro atoms. The lowest BCUT2D eigenvalue weighted by atomic mass is 9.85. The lowest BCUT2D eigenvalue weighted by Gasteiger charge is -2.28. The molecule has 0 aliphatic carbocycles. The van der Waals surface area contributed by atoms with Crippen molar-refractivity contribution in [2.75, 3.05) is 33.0 Å². The van der Waals surface area contributed by atoms with Crippen molar-refractivity contribution in [3.8, 4) is 0 Å². The van der Waals surface area contributed by atoms with E-state index in [0.29, 0.717) is 19.5 Å². The fraction of sp³-hybridized carbons (Fsp3) is 0.682. The Labute approximate surface area is 175 Å². The van der Waals surface area contributed by atoms with Crippen LogP contribution in [0.2, 0.25) is 0 Å². The third-order valence-electron chi connectivity index (χ3n) is 6.41. The second-order valence-corrected chi connectivity index (χ2v) is 10.5. The summed E-state index contributed by atoms with van der Waals surface area (Å²) in [4.78, 5) is 12.0. The predicted molar refractivity (Wildman–Crippen MR) is 114 cm³/mol. The Kier molecular flexibility index (Phi) is 7.71. The molecule has 0 bridgehead atoms. The molecule has 0 radical (unpaired) electrons. The number of sulfonamides is 1. The summed E-state index contributed by atoms with van der Waals surface area (Å²) in [5.74, 6) is 0.778. The molecule has 29 heavy (non-hydrogen) atoms. The van der Waals surface area contributed by atoms with Crippen LogP contribution in [0, 0.1) is 5.92 Å². The number of methoxy groups -OCH3 is 1. The molecule has 1 saturated heterocycles. The summed E-state index contributed by atoms with van der Waals surface area (Å²) in [5.41, 5.74) is 3.44. The second kappa shape index (κ2) is 10.0. The maximum absolute atomic E-state index is 12.0. The molecule has 162 valence electrons. The molecule has 3 rings (SSSR count). The first-order valence-corrected chi connectivity index (χ1v) is 12.6. The van der Waals surface area contributed by atoms with Crippen molar-refractivity contribution in [1.29, 1.82) is 0 Å². The van der Waals surface area contributed by atoms with Crippen molar-refractivity contribution in [1.82, 2.24) is 9.62 Å².